The quantitative estimate of drug-likeness (QED) is 0.784. The summed E-state index contributed by atoms with van der Waals surface area (Å²) in [5.41, 5.74) is 0.458. The lowest BCUT2D eigenvalue weighted by molar-refractivity contribution is -0.125. The number of ether oxygens (including phenoxy) is 2. The fraction of sp³-hybridized carbons (Fsp3) is 0.222. The molecule has 0 saturated heterocycles. The maximum atomic E-state index is 13.0. The second kappa shape index (κ2) is 8.05. The molecule has 1 aliphatic heterocycles. The van der Waals surface area contributed by atoms with Crippen molar-refractivity contribution in [3.05, 3.63) is 53.3 Å². The molecule has 26 heavy (non-hydrogen) atoms. The van der Waals surface area contributed by atoms with Gasteiger partial charge in [0.25, 0.3) is 5.91 Å². The fourth-order valence-electron chi connectivity index (χ4n) is 2.46. The summed E-state index contributed by atoms with van der Waals surface area (Å²) in [6, 6.07) is 10.6. The molecule has 8 heteroatoms. The zero-order valence-corrected chi connectivity index (χ0v) is 14.5. The first-order valence-electron chi connectivity index (χ1n) is 7.91. The van der Waals surface area contributed by atoms with Gasteiger partial charge >= 0.3 is 0 Å². The van der Waals surface area contributed by atoms with E-state index in [1.54, 1.807) is 24.3 Å². The Morgan fingerprint density at radius 3 is 2.96 bits per heavy atom. The molecule has 2 aromatic rings. The van der Waals surface area contributed by atoms with Crippen molar-refractivity contribution in [2.45, 2.75) is 0 Å². The first-order chi connectivity index (χ1) is 12.5. The Hall–Kier alpha value is -2.80. The Balaban J connectivity index is 1.52. The summed E-state index contributed by atoms with van der Waals surface area (Å²) in [5.74, 6) is -0.197. The minimum Gasteiger partial charge on any atom is -0.492 e. The van der Waals surface area contributed by atoms with Crippen molar-refractivity contribution >= 4 is 29.1 Å². The number of carbonyl (C=O) groups is 2. The minimum absolute atomic E-state index is 0.134. The van der Waals surface area contributed by atoms with Crippen LogP contribution in [0.2, 0.25) is 5.02 Å². The van der Waals surface area contributed by atoms with Gasteiger partial charge in [0, 0.05) is 11.1 Å². The molecule has 0 aromatic heterocycles. The van der Waals surface area contributed by atoms with E-state index in [2.05, 4.69) is 5.32 Å². The molecule has 2 amide bonds. The summed E-state index contributed by atoms with van der Waals surface area (Å²) < 4.78 is 23.7. The van der Waals surface area contributed by atoms with Gasteiger partial charge in [-0.2, -0.15) is 0 Å². The second-order valence-corrected chi connectivity index (χ2v) is 5.97. The molecular weight excluding hydrogens is 363 g/mol. The summed E-state index contributed by atoms with van der Waals surface area (Å²) in [4.78, 5) is 25.5. The predicted octanol–water partition coefficient (Wildman–Crippen LogP) is 2.40. The van der Waals surface area contributed by atoms with Gasteiger partial charge in [-0.1, -0.05) is 17.7 Å². The normalized spacial score (nSPS) is 13.0. The second-order valence-electron chi connectivity index (χ2n) is 5.54. The SMILES string of the molecule is O=C(CN1C(=O)COc2ccc(Cl)cc21)NCCOc1cccc(F)c1. The Labute approximate surface area is 154 Å². The highest BCUT2D eigenvalue weighted by Crippen LogP contribution is 2.34. The third-order valence-corrected chi connectivity index (χ3v) is 3.89. The van der Waals surface area contributed by atoms with Gasteiger partial charge in [-0.25, -0.2) is 4.39 Å². The zero-order valence-electron chi connectivity index (χ0n) is 13.7. The van der Waals surface area contributed by atoms with E-state index in [4.69, 9.17) is 21.1 Å². The van der Waals surface area contributed by atoms with Crippen LogP contribution in [0.15, 0.2) is 42.5 Å². The van der Waals surface area contributed by atoms with E-state index in [-0.39, 0.29) is 38.1 Å². The van der Waals surface area contributed by atoms with E-state index >= 15 is 0 Å². The third-order valence-electron chi connectivity index (χ3n) is 3.65. The van der Waals surface area contributed by atoms with Crippen molar-refractivity contribution < 1.29 is 23.5 Å². The van der Waals surface area contributed by atoms with Crippen molar-refractivity contribution in [3.63, 3.8) is 0 Å². The molecule has 0 aliphatic carbocycles. The average molecular weight is 379 g/mol. The van der Waals surface area contributed by atoms with Crippen molar-refractivity contribution in [2.75, 3.05) is 31.2 Å². The van der Waals surface area contributed by atoms with Crippen molar-refractivity contribution in [3.8, 4) is 11.5 Å². The number of rotatable bonds is 6. The van der Waals surface area contributed by atoms with Crippen molar-refractivity contribution in [1.29, 1.82) is 0 Å². The van der Waals surface area contributed by atoms with Crippen LogP contribution in [0, 0.1) is 5.82 Å². The highest BCUT2D eigenvalue weighted by atomic mass is 35.5. The molecule has 3 rings (SSSR count). The number of nitrogens with zero attached hydrogens (tertiary/aromatic N) is 1. The number of amides is 2. The van der Waals surface area contributed by atoms with Gasteiger partial charge < -0.3 is 14.8 Å². The molecule has 0 fully saturated rings. The molecule has 2 aromatic carbocycles. The van der Waals surface area contributed by atoms with Gasteiger partial charge in [0.1, 0.15) is 30.5 Å². The number of benzene rings is 2. The number of halogens is 2. The van der Waals surface area contributed by atoms with Gasteiger partial charge in [0.2, 0.25) is 5.91 Å². The molecule has 0 saturated carbocycles. The Bertz CT molecular complexity index is 831. The average Bonchev–Trinajstić information content (AvgIpc) is 2.61. The van der Waals surface area contributed by atoms with Gasteiger partial charge in [0.15, 0.2) is 6.61 Å². The van der Waals surface area contributed by atoms with Crippen LogP contribution in [0.1, 0.15) is 0 Å². The lowest BCUT2D eigenvalue weighted by atomic mass is 10.2. The van der Waals surface area contributed by atoms with Crippen molar-refractivity contribution in [1.82, 2.24) is 5.32 Å². The van der Waals surface area contributed by atoms with E-state index in [0.29, 0.717) is 22.2 Å². The number of nitrogens with one attached hydrogen (secondary N) is 1. The van der Waals surface area contributed by atoms with E-state index in [1.807, 2.05) is 0 Å². The molecule has 0 unspecified atom stereocenters. The highest BCUT2D eigenvalue weighted by molar-refractivity contribution is 6.31. The number of anilines is 1. The van der Waals surface area contributed by atoms with Crippen LogP contribution in [-0.4, -0.2) is 38.1 Å². The van der Waals surface area contributed by atoms with E-state index in [9.17, 15) is 14.0 Å². The third kappa shape index (κ3) is 4.43. The van der Waals surface area contributed by atoms with E-state index in [0.717, 1.165) is 0 Å². The van der Waals surface area contributed by atoms with Crippen LogP contribution in [0.4, 0.5) is 10.1 Å². The Morgan fingerprint density at radius 2 is 2.15 bits per heavy atom. The standard InChI is InChI=1S/C18H16ClFN2O4/c19-12-4-5-16-15(8-12)22(18(24)11-26-16)10-17(23)21-6-7-25-14-3-1-2-13(20)9-14/h1-5,8-9H,6-7,10-11H2,(H,21,23). The summed E-state index contributed by atoms with van der Waals surface area (Å²) >= 11 is 5.96. The number of hydrogen-bond donors (Lipinski definition) is 1. The fourth-order valence-corrected chi connectivity index (χ4v) is 2.63. The lowest BCUT2D eigenvalue weighted by Crippen LogP contribution is -2.45. The van der Waals surface area contributed by atoms with Crippen LogP contribution in [0.5, 0.6) is 11.5 Å². The van der Waals surface area contributed by atoms with Crippen LogP contribution in [-0.2, 0) is 9.59 Å². The number of fused-ring (bicyclic) bond motifs is 1. The van der Waals surface area contributed by atoms with E-state index in [1.165, 1.54) is 23.1 Å². The highest BCUT2D eigenvalue weighted by Gasteiger charge is 2.27. The summed E-state index contributed by atoms with van der Waals surface area (Å²) in [6.07, 6.45) is 0. The maximum Gasteiger partial charge on any atom is 0.265 e. The molecule has 0 atom stereocenters. The molecule has 6 nitrogen and oxygen atoms in total. The van der Waals surface area contributed by atoms with Gasteiger partial charge in [0.05, 0.1) is 12.2 Å². The van der Waals surface area contributed by atoms with Crippen LogP contribution in [0.25, 0.3) is 0 Å². The van der Waals surface area contributed by atoms with Gasteiger partial charge in [-0.15, -0.1) is 0 Å². The molecule has 0 spiro atoms. The zero-order chi connectivity index (χ0) is 18.5. The Kier molecular flexibility index (Phi) is 5.58. The molecule has 0 radical (unpaired) electrons. The Morgan fingerprint density at radius 1 is 1.31 bits per heavy atom. The number of carbonyl (C=O) groups excluding carboxylic acids is 2. The molecule has 1 heterocycles. The molecular formula is C18H16ClFN2O4. The maximum absolute atomic E-state index is 13.0. The van der Waals surface area contributed by atoms with Gasteiger partial charge in [-0.3, -0.25) is 14.5 Å². The van der Waals surface area contributed by atoms with Crippen molar-refractivity contribution in [2.24, 2.45) is 0 Å². The first-order valence-corrected chi connectivity index (χ1v) is 8.28. The van der Waals surface area contributed by atoms with E-state index < -0.39 is 5.82 Å². The predicted molar refractivity (Wildman–Crippen MR) is 94.2 cm³/mol. The monoisotopic (exact) mass is 378 g/mol. The van der Waals surface area contributed by atoms with Crippen LogP contribution in [0.3, 0.4) is 0 Å². The molecule has 1 aliphatic rings. The summed E-state index contributed by atoms with van der Waals surface area (Å²) in [7, 11) is 0. The molecule has 1 N–H and O–H groups in total. The largest absolute Gasteiger partial charge is 0.492 e. The number of hydrogen-bond acceptors (Lipinski definition) is 4. The summed E-state index contributed by atoms with van der Waals surface area (Å²) in [5, 5.41) is 3.10. The first kappa shape index (κ1) is 18.0. The summed E-state index contributed by atoms with van der Waals surface area (Å²) in [6.45, 7) is 0.102. The molecule has 136 valence electrons. The minimum atomic E-state index is -0.394. The smallest absolute Gasteiger partial charge is 0.265 e. The van der Waals surface area contributed by atoms with Gasteiger partial charge in [-0.05, 0) is 30.3 Å². The van der Waals surface area contributed by atoms with Crippen LogP contribution < -0.4 is 19.7 Å². The topological polar surface area (TPSA) is 67.9 Å². The van der Waals surface area contributed by atoms with Crippen LogP contribution >= 0.6 is 11.6 Å². The lowest BCUT2D eigenvalue weighted by Gasteiger charge is -2.29. The molecule has 0 bridgehead atoms.